The van der Waals surface area contributed by atoms with Gasteiger partial charge in [-0.25, -0.2) is 0 Å². The summed E-state index contributed by atoms with van der Waals surface area (Å²) in [4.78, 5) is 0. The second kappa shape index (κ2) is 10.9. The van der Waals surface area contributed by atoms with Crippen LogP contribution in [0.5, 0.6) is 5.75 Å². The molecule has 55 heavy (non-hydrogen) atoms. The first-order valence-corrected chi connectivity index (χ1v) is 19.0. The molecule has 2 aromatic heterocycles. The van der Waals surface area contributed by atoms with Crippen molar-refractivity contribution in [1.29, 1.82) is 0 Å². The summed E-state index contributed by atoms with van der Waals surface area (Å²) in [6.45, 7) is 13.5. The number of fused-ring (bicyclic) bond motifs is 5. The number of pyridine rings is 1. The molecule has 0 N–H and O–H groups in total. The van der Waals surface area contributed by atoms with Crippen molar-refractivity contribution in [3.05, 3.63) is 168 Å². The van der Waals surface area contributed by atoms with Gasteiger partial charge in [0.15, 0.2) is 17.2 Å². The van der Waals surface area contributed by atoms with E-state index in [0.717, 1.165) is 78.5 Å². The third-order valence-electron chi connectivity index (χ3n) is 11.7. The first-order valence-electron chi connectivity index (χ1n) is 21.5. The third-order valence-corrected chi connectivity index (χ3v) is 11.7. The summed E-state index contributed by atoms with van der Waals surface area (Å²) in [5.74, 6) is 0.517. The van der Waals surface area contributed by atoms with Crippen LogP contribution in [0.25, 0.3) is 72.7 Å². The molecule has 0 saturated carbocycles. The van der Waals surface area contributed by atoms with Gasteiger partial charge in [0.1, 0.15) is 22.6 Å². The normalized spacial score (nSPS) is 17.3. The molecule has 3 aliphatic rings. The summed E-state index contributed by atoms with van der Waals surface area (Å²) in [5.41, 5.74) is 14.1. The molecule has 3 aliphatic heterocycles. The minimum atomic E-state index is -1.21. The molecule has 6 aromatic carbocycles. The van der Waals surface area contributed by atoms with Crippen molar-refractivity contribution < 1.29 is 20.7 Å². The van der Waals surface area contributed by atoms with Gasteiger partial charge in [-0.15, -0.1) is 9.13 Å². The van der Waals surface area contributed by atoms with Gasteiger partial charge in [0, 0.05) is 23.3 Å². The minimum Gasteiger partial charge on any atom is -0.392 e. The minimum absolute atomic E-state index is 0.135. The molecule has 0 fully saturated rings. The Morgan fingerprint density at radius 3 is 2.09 bits per heavy atom. The van der Waals surface area contributed by atoms with Gasteiger partial charge in [-0.05, 0) is 92.7 Å². The first-order chi connectivity index (χ1) is 28.6. The van der Waals surface area contributed by atoms with Crippen molar-refractivity contribution in [3.63, 3.8) is 0 Å². The van der Waals surface area contributed by atoms with E-state index in [1.807, 2.05) is 24.4 Å². The number of hydrogen-bond acceptors (Lipinski definition) is 1. The molecule has 1 atom stereocenters. The van der Waals surface area contributed by atoms with Crippen LogP contribution in [-0.4, -0.2) is 4.57 Å². The van der Waals surface area contributed by atoms with E-state index >= 15 is 0 Å². The molecule has 11 rings (SSSR count). The Morgan fingerprint density at radius 2 is 1.31 bits per heavy atom. The molecule has 8 aromatic rings. The second-order valence-electron chi connectivity index (χ2n) is 17.1. The summed E-state index contributed by atoms with van der Waals surface area (Å²) in [5, 5.41) is 0. The van der Waals surface area contributed by atoms with Gasteiger partial charge in [0.25, 0.3) is 0 Å². The molecule has 5 heterocycles. The van der Waals surface area contributed by atoms with Crippen LogP contribution in [0.15, 0.2) is 152 Å². The lowest BCUT2D eigenvalue weighted by Crippen LogP contribution is -2.78. The molecule has 0 radical (unpaired) electrons. The molecule has 266 valence electrons. The van der Waals surface area contributed by atoms with Crippen LogP contribution < -0.4 is 13.9 Å². The van der Waals surface area contributed by atoms with E-state index in [1.165, 1.54) is 5.56 Å². The molecular formula is C51H43N3O+2. The van der Waals surface area contributed by atoms with Gasteiger partial charge in [-0.3, -0.25) is 0 Å². The lowest BCUT2D eigenvalue weighted by Gasteiger charge is -2.32. The average Bonchev–Trinajstić information content (AvgIpc) is 3.73. The van der Waals surface area contributed by atoms with Gasteiger partial charge in [-0.1, -0.05) is 126 Å². The topological polar surface area (TPSA) is 21.9 Å². The van der Waals surface area contributed by atoms with E-state index in [0.29, 0.717) is 5.56 Å². The highest BCUT2D eigenvalue weighted by Gasteiger charge is 2.68. The van der Waals surface area contributed by atoms with Gasteiger partial charge < -0.3 is 4.74 Å². The largest absolute Gasteiger partial charge is 0.499 e. The fourth-order valence-electron chi connectivity index (χ4n) is 8.99. The molecule has 0 amide bonds. The zero-order valence-electron chi connectivity index (χ0n) is 36.8. The van der Waals surface area contributed by atoms with Crippen LogP contribution in [0.3, 0.4) is 0 Å². The van der Waals surface area contributed by atoms with Crippen molar-refractivity contribution in [2.75, 3.05) is 0 Å². The zero-order valence-corrected chi connectivity index (χ0v) is 31.8. The number of para-hydroxylation sites is 2. The molecule has 4 nitrogen and oxygen atoms in total. The number of aromatic nitrogens is 3. The lowest BCUT2D eigenvalue weighted by molar-refractivity contribution is -0.997. The predicted molar refractivity (Wildman–Crippen MR) is 221 cm³/mol. The molecule has 0 aliphatic carbocycles. The Bertz CT molecular complexity index is 3180. The Labute approximate surface area is 329 Å². The van der Waals surface area contributed by atoms with Crippen LogP contribution in [-0.2, 0) is 16.7 Å². The Balaban J connectivity index is 1.30. The summed E-state index contributed by atoms with van der Waals surface area (Å²) in [7, 11) is 0. The van der Waals surface area contributed by atoms with Crippen molar-refractivity contribution in [2.24, 2.45) is 0 Å². The molecule has 0 bridgehead atoms. The van der Waals surface area contributed by atoms with Gasteiger partial charge in [-0.2, -0.15) is 4.57 Å². The summed E-state index contributed by atoms with van der Waals surface area (Å²) < 4.78 is 57.6. The van der Waals surface area contributed by atoms with Crippen LogP contribution in [0, 0.1) is 0 Å². The SMILES string of the molecule is [2H]c1c([2H])c([2H])c(-c2cc[n+]3c(c2)-c2cc(C(C)(C)C)cc4c2C32Oc3ccccc3-c3n(-c5cc(-c6ccccc6)cc(C(C)(C)C)c5)c5cccc-4c5[n+]32)c([2H])c1[2H]. The highest BCUT2D eigenvalue weighted by Crippen LogP contribution is 2.54. The van der Waals surface area contributed by atoms with Gasteiger partial charge >= 0.3 is 11.7 Å². The lowest BCUT2D eigenvalue weighted by atomic mass is 9.80. The predicted octanol–water partition coefficient (Wildman–Crippen LogP) is 11.4. The van der Waals surface area contributed by atoms with Crippen LogP contribution >= 0.6 is 0 Å². The van der Waals surface area contributed by atoms with E-state index in [1.54, 1.807) is 0 Å². The number of nitrogens with zero attached hydrogens (tertiary/aromatic N) is 3. The Hall–Kier alpha value is -6.26. The first kappa shape index (κ1) is 27.3. The van der Waals surface area contributed by atoms with E-state index in [4.69, 9.17) is 11.6 Å². The van der Waals surface area contributed by atoms with E-state index in [2.05, 4.69) is 152 Å². The molecule has 1 spiro atoms. The quantitative estimate of drug-likeness (QED) is 0.167. The van der Waals surface area contributed by atoms with Gasteiger partial charge in [0.2, 0.25) is 5.69 Å². The van der Waals surface area contributed by atoms with E-state index in [-0.39, 0.29) is 40.6 Å². The maximum atomic E-state index is 8.90. The molecular weight excluding hydrogens is 671 g/mol. The van der Waals surface area contributed by atoms with Gasteiger partial charge in [0.05, 0.1) is 12.4 Å². The second-order valence-corrected chi connectivity index (χ2v) is 17.1. The molecule has 1 unspecified atom stereocenters. The average molecular weight is 719 g/mol. The summed E-state index contributed by atoms with van der Waals surface area (Å²) >= 11 is 0. The maximum Gasteiger partial charge on any atom is 0.499 e. The van der Waals surface area contributed by atoms with Crippen molar-refractivity contribution >= 4 is 11.0 Å². The maximum absolute atomic E-state index is 8.90. The fourth-order valence-corrected chi connectivity index (χ4v) is 8.99. The third kappa shape index (κ3) is 4.40. The van der Waals surface area contributed by atoms with Crippen molar-refractivity contribution in [3.8, 4) is 67.5 Å². The fraction of sp³-hybridized carbons (Fsp3) is 0.176. The Kier molecular flexibility index (Phi) is 5.43. The Morgan fingerprint density at radius 1 is 0.600 bits per heavy atom. The van der Waals surface area contributed by atoms with E-state index < -0.39 is 11.9 Å². The standard InChI is InChI=1S/C51H43N3O/c1-49(2,3)36-26-35(33-18-11-8-12-19-33)27-38(29-36)53-43-22-15-21-39-41-30-37(50(4,5)6)31-42-44-28-34(32-16-9-7-10-17-32)24-25-52(44)51(46(41)42)54(47(39)43)48(53)40-20-13-14-23-45(40)55-51/h7-31H,1-6H3/q+2/i7D,9D,10D,16D,17D. The molecule has 4 heteroatoms. The van der Waals surface area contributed by atoms with Crippen LogP contribution in [0.4, 0.5) is 0 Å². The van der Waals surface area contributed by atoms with Crippen LogP contribution in [0.1, 0.15) is 65.1 Å². The number of benzene rings is 6. The van der Waals surface area contributed by atoms with Crippen molar-refractivity contribution in [2.45, 2.75) is 58.2 Å². The summed E-state index contributed by atoms with van der Waals surface area (Å²) in [6.07, 6.45) is 1.97. The monoisotopic (exact) mass is 718 g/mol. The smallest absolute Gasteiger partial charge is 0.392 e. The highest BCUT2D eigenvalue weighted by atomic mass is 16.5. The zero-order chi connectivity index (χ0) is 41.8. The highest BCUT2D eigenvalue weighted by molar-refractivity contribution is 5.98. The number of ether oxygens (including phenoxy) is 1. The van der Waals surface area contributed by atoms with E-state index in [9.17, 15) is 0 Å². The molecule has 0 saturated heterocycles. The van der Waals surface area contributed by atoms with Crippen molar-refractivity contribution in [1.82, 2.24) is 4.57 Å². The number of hydrogen-bond donors (Lipinski definition) is 0. The summed E-state index contributed by atoms with van der Waals surface area (Å²) in [6, 6.07) is 39.2. The van der Waals surface area contributed by atoms with Crippen LogP contribution in [0.2, 0.25) is 0 Å². The number of imidazole rings is 1. The number of rotatable bonds is 3.